The topological polar surface area (TPSA) is 115 Å². The number of likely N-dealkylation sites (tertiary alicyclic amines) is 1. The van der Waals surface area contributed by atoms with Crippen LogP contribution in [-0.2, 0) is 9.59 Å². The predicted molar refractivity (Wildman–Crippen MR) is 164 cm³/mol. The number of aromatic nitrogens is 1. The largest absolute Gasteiger partial charge is 0.349 e. The van der Waals surface area contributed by atoms with Crippen molar-refractivity contribution in [2.24, 2.45) is 34.5 Å². The molecule has 9 nitrogen and oxygen atoms in total. The smallest absolute Gasteiger partial charge is 0.320 e. The average molecular weight is 577 g/mol. The Labute approximate surface area is 250 Å². The molecule has 7 atom stereocenters. The molecule has 0 bridgehead atoms. The molecule has 0 unspecified atom stereocenters. The summed E-state index contributed by atoms with van der Waals surface area (Å²) in [4.78, 5) is 44.6. The summed E-state index contributed by atoms with van der Waals surface area (Å²) in [6.45, 7) is 8.44. The van der Waals surface area contributed by atoms with E-state index in [4.69, 9.17) is 0 Å². The maximum atomic E-state index is 13.3. The first-order valence-corrected chi connectivity index (χ1v) is 16.3. The summed E-state index contributed by atoms with van der Waals surface area (Å²) in [5.74, 6) is 3.13. The molecule has 0 aromatic carbocycles. The fourth-order valence-corrected chi connectivity index (χ4v) is 9.44. The highest BCUT2D eigenvalue weighted by atomic mass is 16.2. The number of urea groups is 1. The molecule has 5 aliphatic rings. The maximum absolute atomic E-state index is 13.3. The van der Waals surface area contributed by atoms with Crippen LogP contribution < -0.4 is 21.3 Å². The molecule has 1 aromatic rings. The van der Waals surface area contributed by atoms with Gasteiger partial charge in [0.2, 0.25) is 11.8 Å². The Morgan fingerprint density at radius 3 is 2.60 bits per heavy atom. The van der Waals surface area contributed by atoms with Crippen LogP contribution in [0.4, 0.5) is 16.4 Å². The van der Waals surface area contributed by atoms with E-state index in [0.29, 0.717) is 48.3 Å². The van der Waals surface area contributed by atoms with Gasteiger partial charge in [-0.1, -0.05) is 32.4 Å². The van der Waals surface area contributed by atoms with Gasteiger partial charge in [0, 0.05) is 31.0 Å². The number of rotatable bonds is 7. The van der Waals surface area contributed by atoms with Crippen LogP contribution in [0.25, 0.3) is 0 Å². The fourth-order valence-electron chi connectivity index (χ4n) is 9.44. The van der Waals surface area contributed by atoms with Gasteiger partial charge in [-0.15, -0.1) is 0 Å². The quantitative estimate of drug-likeness (QED) is 0.367. The van der Waals surface area contributed by atoms with E-state index >= 15 is 0 Å². The number of pyridine rings is 1. The zero-order chi connectivity index (χ0) is 29.3. The molecule has 2 aliphatic heterocycles. The van der Waals surface area contributed by atoms with Gasteiger partial charge in [0.25, 0.3) is 0 Å². The summed E-state index contributed by atoms with van der Waals surface area (Å²) in [6, 6.07) is 5.28. The lowest BCUT2D eigenvalue weighted by molar-refractivity contribution is -0.123. The predicted octanol–water partition coefficient (Wildman–Crippen LogP) is 4.93. The molecule has 42 heavy (non-hydrogen) atoms. The number of hydrogen-bond acceptors (Lipinski definition) is 5. The Morgan fingerprint density at radius 1 is 1.00 bits per heavy atom. The van der Waals surface area contributed by atoms with Crippen LogP contribution in [0, 0.1) is 34.5 Å². The van der Waals surface area contributed by atoms with Crippen molar-refractivity contribution >= 4 is 29.5 Å². The molecule has 4 amide bonds. The Kier molecular flexibility index (Phi) is 8.31. The number of nitrogens with zero attached hydrogens (tertiary/aromatic N) is 2. The molecule has 0 spiro atoms. The number of anilines is 2. The van der Waals surface area contributed by atoms with Crippen LogP contribution in [0.1, 0.15) is 78.1 Å². The van der Waals surface area contributed by atoms with Crippen LogP contribution >= 0.6 is 0 Å². The zero-order valence-corrected chi connectivity index (χ0v) is 25.3. The fraction of sp³-hybridized carbons (Fsp3) is 0.697. The lowest BCUT2D eigenvalue weighted by Gasteiger charge is -2.59. The SMILES string of the molecule is C[C@]12C=CC(=O)N[C@@H]1CC[C@@H]1[C@@H]2CC[C@]2(C)[C@@H](CC(=O)Nc3cccc(NC(=O)NCCN4CCCCC4)n3)CC[C@@H]12. The van der Waals surface area contributed by atoms with E-state index in [9.17, 15) is 14.4 Å². The van der Waals surface area contributed by atoms with E-state index in [2.05, 4.69) is 51.1 Å². The highest BCUT2D eigenvalue weighted by molar-refractivity contribution is 5.91. The zero-order valence-electron chi connectivity index (χ0n) is 25.3. The molecular weight excluding hydrogens is 528 g/mol. The van der Waals surface area contributed by atoms with Crippen molar-refractivity contribution in [2.45, 2.75) is 84.1 Å². The van der Waals surface area contributed by atoms with Gasteiger partial charge in [0.05, 0.1) is 0 Å². The molecule has 9 heteroatoms. The van der Waals surface area contributed by atoms with Gasteiger partial charge in [-0.05, 0) is 112 Å². The molecule has 3 saturated carbocycles. The second kappa shape index (κ2) is 12.0. The highest BCUT2D eigenvalue weighted by Gasteiger charge is 2.59. The number of hydrogen-bond donors (Lipinski definition) is 4. The number of fused-ring (bicyclic) bond motifs is 5. The summed E-state index contributed by atoms with van der Waals surface area (Å²) < 4.78 is 0. The minimum atomic E-state index is -0.280. The Hall–Kier alpha value is -2.94. The van der Waals surface area contributed by atoms with Gasteiger partial charge >= 0.3 is 6.03 Å². The van der Waals surface area contributed by atoms with Crippen molar-refractivity contribution in [3.05, 3.63) is 30.4 Å². The van der Waals surface area contributed by atoms with Gasteiger partial charge in [0.1, 0.15) is 11.6 Å². The first kappa shape index (κ1) is 29.1. The molecule has 1 saturated heterocycles. The van der Waals surface area contributed by atoms with E-state index < -0.39 is 0 Å². The van der Waals surface area contributed by atoms with E-state index in [1.165, 1.54) is 25.7 Å². The minimum Gasteiger partial charge on any atom is -0.349 e. The summed E-state index contributed by atoms with van der Waals surface area (Å²) in [5.41, 5.74) is 0.189. The summed E-state index contributed by atoms with van der Waals surface area (Å²) in [5, 5.41) is 12.0. The van der Waals surface area contributed by atoms with Gasteiger partial charge < -0.3 is 20.9 Å². The molecular formula is C33H48N6O3. The molecule has 0 radical (unpaired) electrons. The van der Waals surface area contributed by atoms with Crippen molar-refractivity contribution in [1.82, 2.24) is 20.5 Å². The Morgan fingerprint density at radius 2 is 1.79 bits per heavy atom. The van der Waals surface area contributed by atoms with Crippen molar-refractivity contribution in [3.8, 4) is 0 Å². The summed E-state index contributed by atoms with van der Waals surface area (Å²) >= 11 is 0. The van der Waals surface area contributed by atoms with Crippen molar-refractivity contribution in [2.75, 3.05) is 36.8 Å². The molecule has 4 N–H and O–H groups in total. The Balaban J connectivity index is 1.01. The van der Waals surface area contributed by atoms with Gasteiger partial charge in [-0.2, -0.15) is 0 Å². The summed E-state index contributed by atoms with van der Waals surface area (Å²) in [7, 11) is 0. The lowest BCUT2D eigenvalue weighted by atomic mass is 9.48. The monoisotopic (exact) mass is 576 g/mol. The van der Waals surface area contributed by atoms with Crippen molar-refractivity contribution in [3.63, 3.8) is 0 Å². The second-order valence-corrected chi connectivity index (χ2v) is 14.0. The minimum absolute atomic E-state index is 0.00627. The van der Waals surface area contributed by atoms with Crippen LogP contribution in [0.5, 0.6) is 0 Å². The van der Waals surface area contributed by atoms with Gasteiger partial charge in [-0.25, -0.2) is 9.78 Å². The number of nitrogens with one attached hydrogen (secondary N) is 4. The van der Waals surface area contributed by atoms with Crippen LogP contribution in [0.3, 0.4) is 0 Å². The molecule has 228 valence electrons. The first-order chi connectivity index (χ1) is 20.2. The number of carbonyl (C=O) groups is 3. The van der Waals surface area contributed by atoms with E-state index in [0.717, 1.165) is 51.7 Å². The van der Waals surface area contributed by atoms with E-state index in [1.54, 1.807) is 24.3 Å². The molecule has 1 aromatic heterocycles. The number of piperidine rings is 1. The lowest BCUT2D eigenvalue weighted by Crippen LogP contribution is -2.59. The van der Waals surface area contributed by atoms with Crippen LogP contribution in [-0.4, -0.2) is 60.0 Å². The number of amides is 4. The van der Waals surface area contributed by atoms with Gasteiger partial charge in [-0.3, -0.25) is 14.9 Å². The molecule has 3 heterocycles. The van der Waals surface area contributed by atoms with Gasteiger partial charge in [0.15, 0.2) is 0 Å². The third-order valence-corrected chi connectivity index (χ3v) is 11.7. The van der Waals surface area contributed by atoms with Crippen LogP contribution in [0.2, 0.25) is 0 Å². The molecule has 4 fully saturated rings. The first-order valence-electron chi connectivity index (χ1n) is 16.3. The number of carbonyl (C=O) groups excluding carboxylic acids is 3. The van der Waals surface area contributed by atoms with Crippen LogP contribution in [0.15, 0.2) is 30.4 Å². The second-order valence-electron chi connectivity index (χ2n) is 14.0. The average Bonchev–Trinajstić information content (AvgIpc) is 3.30. The molecule has 3 aliphatic carbocycles. The standard InChI is InChI=1S/C33H48N6O3/c1-32-15-13-25-23(10-12-26-33(25,2)16-14-29(40)35-26)24(32)11-9-22(32)21-30(41)37-27-7-6-8-28(36-27)38-31(42)34-17-20-39-18-4-3-5-19-39/h6-8,14,16,22-26H,3-5,9-13,15,17-21H2,1-2H3,(H,35,40)(H3,34,36,37,38,41,42)/t22-,23+,24+,25+,26-,32-,33-/m1/s1. The van der Waals surface area contributed by atoms with E-state index in [-0.39, 0.29) is 34.7 Å². The van der Waals surface area contributed by atoms with E-state index in [1.807, 2.05) is 0 Å². The Bertz CT molecular complexity index is 1210. The third kappa shape index (κ3) is 5.81. The normalized spacial score (nSPS) is 35.8. The third-order valence-electron chi connectivity index (χ3n) is 11.7. The van der Waals surface area contributed by atoms with Crippen molar-refractivity contribution < 1.29 is 14.4 Å². The molecule has 6 rings (SSSR count). The summed E-state index contributed by atoms with van der Waals surface area (Å²) in [6.07, 6.45) is 14.9. The maximum Gasteiger partial charge on any atom is 0.320 e. The van der Waals surface area contributed by atoms with Crippen molar-refractivity contribution in [1.29, 1.82) is 0 Å². The highest BCUT2D eigenvalue weighted by Crippen LogP contribution is 2.65.